The van der Waals surface area contributed by atoms with Crippen LogP contribution in [0.25, 0.3) is 0 Å². The third-order valence-electron chi connectivity index (χ3n) is 5.80. The smallest absolute Gasteiger partial charge is 0.254 e. The number of halogens is 1. The third-order valence-corrected chi connectivity index (χ3v) is 5.80. The Bertz CT molecular complexity index is 1280. The lowest BCUT2D eigenvalue weighted by atomic mass is 10.0. The van der Waals surface area contributed by atoms with Crippen molar-refractivity contribution in [3.8, 4) is 11.8 Å². The molecule has 6 heteroatoms. The van der Waals surface area contributed by atoms with Crippen LogP contribution in [0.15, 0.2) is 84.9 Å². The van der Waals surface area contributed by atoms with E-state index in [9.17, 15) is 4.79 Å². The summed E-state index contributed by atoms with van der Waals surface area (Å²) < 4.78 is 0. The zero-order valence-corrected chi connectivity index (χ0v) is 20.5. The molecule has 0 atom stereocenters. The second-order valence-electron chi connectivity index (χ2n) is 8.32. The number of anilines is 1. The molecule has 0 saturated heterocycles. The molecule has 3 aromatic carbocycles. The number of nitrogens with zero attached hydrogens (tertiary/aromatic N) is 2. The van der Waals surface area contributed by atoms with Crippen LogP contribution in [0.3, 0.4) is 0 Å². The average Bonchev–Trinajstić information content (AvgIpc) is 3.39. The molecule has 0 bridgehead atoms. The number of hydrogen-bond donors (Lipinski definition) is 2. The highest BCUT2D eigenvalue weighted by Crippen LogP contribution is 2.19. The average molecular weight is 485 g/mol. The van der Waals surface area contributed by atoms with Gasteiger partial charge in [0.1, 0.15) is 5.84 Å². The monoisotopic (exact) mass is 484 g/mol. The summed E-state index contributed by atoms with van der Waals surface area (Å²) in [5.41, 5.74) is 11.1. The molecule has 3 N–H and O–H groups in total. The fraction of sp³-hybridized carbons (Fsp3) is 0.172. The standard InChI is InChI=1S/C29H28N4O.ClH/c1-22-19-23(14-15-27(22)29(34)32-16-5-6-17-32)11-8-18-33(21-24-9-3-2-4-10-24)26-13-7-12-25(20-26)28(30)31;/h2-7,9-10,12-15,19-20H,16-18,21H2,1H3,(H3,30,31);1H. The van der Waals surface area contributed by atoms with E-state index in [1.807, 2.05) is 84.6 Å². The first-order valence-electron chi connectivity index (χ1n) is 11.3. The van der Waals surface area contributed by atoms with Crippen molar-refractivity contribution in [2.75, 3.05) is 24.5 Å². The molecule has 0 spiro atoms. The first kappa shape index (κ1) is 25.6. The highest BCUT2D eigenvalue weighted by atomic mass is 35.5. The zero-order chi connectivity index (χ0) is 23.9. The van der Waals surface area contributed by atoms with Crippen LogP contribution in [-0.4, -0.2) is 36.3 Å². The van der Waals surface area contributed by atoms with Gasteiger partial charge in [0, 0.05) is 42.0 Å². The quantitative estimate of drug-likeness (QED) is 0.229. The maximum atomic E-state index is 12.7. The Morgan fingerprint density at radius 1 is 1.03 bits per heavy atom. The number of hydrogen-bond acceptors (Lipinski definition) is 3. The van der Waals surface area contributed by atoms with Crippen molar-refractivity contribution in [2.24, 2.45) is 5.73 Å². The van der Waals surface area contributed by atoms with Gasteiger partial charge in [0.25, 0.3) is 5.91 Å². The Morgan fingerprint density at radius 2 is 1.77 bits per heavy atom. The van der Waals surface area contributed by atoms with Crippen LogP contribution < -0.4 is 10.6 Å². The van der Waals surface area contributed by atoms with E-state index in [2.05, 4.69) is 28.9 Å². The molecule has 1 amide bonds. The first-order valence-corrected chi connectivity index (χ1v) is 11.3. The molecule has 178 valence electrons. The molecule has 0 aromatic heterocycles. The van der Waals surface area contributed by atoms with Crippen LogP contribution in [-0.2, 0) is 6.54 Å². The summed E-state index contributed by atoms with van der Waals surface area (Å²) in [6, 6.07) is 23.7. The number of benzene rings is 3. The van der Waals surface area contributed by atoms with E-state index < -0.39 is 0 Å². The third kappa shape index (κ3) is 6.53. The summed E-state index contributed by atoms with van der Waals surface area (Å²) in [5, 5.41) is 7.77. The van der Waals surface area contributed by atoms with Crippen LogP contribution in [0, 0.1) is 24.2 Å². The fourth-order valence-corrected chi connectivity index (χ4v) is 3.95. The predicted molar refractivity (Wildman–Crippen MR) is 145 cm³/mol. The second kappa shape index (κ2) is 11.9. The van der Waals surface area contributed by atoms with Gasteiger partial charge in [-0.25, -0.2) is 0 Å². The Labute approximate surface area is 213 Å². The highest BCUT2D eigenvalue weighted by molar-refractivity contribution is 5.96. The van der Waals surface area contributed by atoms with Gasteiger partial charge >= 0.3 is 0 Å². The molecule has 1 aliphatic heterocycles. The largest absolute Gasteiger partial charge is 0.384 e. The lowest BCUT2D eigenvalue weighted by Crippen LogP contribution is -2.28. The SMILES string of the molecule is Cc1cc(C#CCN(Cc2ccccc2)c2cccc(C(=N)N)c2)ccc1C(=O)N1CC=CC1.Cl. The van der Waals surface area contributed by atoms with Crippen LogP contribution in [0.2, 0.25) is 0 Å². The Morgan fingerprint density at radius 3 is 2.46 bits per heavy atom. The number of amides is 1. The molecule has 5 nitrogen and oxygen atoms in total. The normalized spacial score (nSPS) is 11.9. The summed E-state index contributed by atoms with van der Waals surface area (Å²) >= 11 is 0. The molecule has 0 saturated carbocycles. The number of nitrogen functional groups attached to an aromatic ring is 1. The number of rotatable bonds is 6. The fourth-order valence-electron chi connectivity index (χ4n) is 3.95. The van der Waals surface area contributed by atoms with E-state index in [1.54, 1.807) is 0 Å². The molecule has 0 fully saturated rings. The van der Waals surface area contributed by atoms with Crippen LogP contribution in [0.5, 0.6) is 0 Å². The predicted octanol–water partition coefficient (Wildman–Crippen LogP) is 4.77. The van der Waals surface area contributed by atoms with Crippen molar-refractivity contribution < 1.29 is 4.79 Å². The van der Waals surface area contributed by atoms with Crippen molar-refractivity contribution in [3.63, 3.8) is 0 Å². The van der Waals surface area contributed by atoms with E-state index >= 15 is 0 Å². The maximum absolute atomic E-state index is 12.7. The van der Waals surface area contributed by atoms with Crippen LogP contribution >= 0.6 is 12.4 Å². The summed E-state index contributed by atoms with van der Waals surface area (Å²) in [5.74, 6) is 6.64. The molecule has 0 aliphatic carbocycles. The van der Waals surface area contributed by atoms with Gasteiger partial charge in [-0.05, 0) is 48.4 Å². The molecule has 3 aromatic rings. The van der Waals surface area contributed by atoms with Gasteiger partial charge in [-0.3, -0.25) is 10.2 Å². The number of nitrogens with two attached hydrogens (primary N) is 1. The molecule has 0 unspecified atom stereocenters. The second-order valence-corrected chi connectivity index (χ2v) is 8.32. The Kier molecular flexibility index (Phi) is 8.72. The van der Waals surface area contributed by atoms with Gasteiger partial charge < -0.3 is 15.5 Å². The van der Waals surface area contributed by atoms with Gasteiger partial charge in [0.2, 0.25) is 0 Å². The van der Waals surface area contributed by atoms with E-state index in [-0.39, 0.29) is 24.1 Å². The lowest BCUT2D eigenvalue weighted by Gasteiger charge is -2.23. The minimum atomic E-state index is 0. The molecular formula is C29H29ClN4O. The van der Waals surface area contributed by atoms with Crippen LogP contribution in [0.1, 0.15) is 32.6 Å². The van der Waals surface area contributed by atoms with Gasteiger partial charge in [-0.15, -0.1) is 12.4 Å². The molecule has 1 heterocycles. The van der Waals surface area contributed by atoms with Crippen molar-refractivity contribution in [1.82, 2.24) is 4.90 Å². The molecule has 4 rings (SSSR count). The summed E-state index contributed by atoms with van der Waals surface area (Å²) in [7, 11) is 0. The summed E-state index contributed by atoms with van der Waals surface area (Å²) in [6.45, 7) is 4.49. The Balaban J connectivity index is 0.00000342. The first-order chi connectivity index (χ1) is 16.5. The topological polar surface area (TPSA) is 73.4 Å². The summed E-state index contributed by atoms with van der Waals surface area (Å²) in [6.07, 6.45) is 4.03. The molecule has 35 heavy (non-hydrogen) atoms. The van der Waals surface area contributed by atoms with E-state index in [1.165, 1.54) is 5.56 Å². The number of nitrogens with one attached hydrogen (secondary N) is 1. The minimum Gasteiger partial charge on any atom is -0.384 e. The number of carbonyl (C=O) groups excluding carboxylic acids is 1. The zero-order valence-electron chi connectivity index (χ0n) is 19.7. The van der Waals surface area contributed by atoms with Crippen molar-refractivity contribution in [2.45, 2.75) is 13.5 Å². The maximum Gasteiger partial charge on any atom is 0.254 e. The lowest BCUT2D eigenvalue weighted by molar-refractivity contribution is 0.0799. The van der Waals surface area contributed by atoms with Crippen LogP contribution in [0.4, 0.5) is 5.69 Å². The number of aryl methyl sites for hydroxylation is 1. The van der Waals surface area contributed by atoms with Crippen molar-refractivity contribution >= 4 is 29.8 Å². The number of amidine groups is 1. The number of carbonyl (C=O) groups is 1. The van der Waals surface area contributed by atoms with Gasteiger partial charge in [0.15, 0.2) is 0 Å². The molecule has 1 aliphatic rings. The van der Waals surface area contributed by atoms with Gasteiger partial charge in [-0.1, -0.05) is 66.5 Å². The van der Waals surface area contributed by atoms with Gasteiger partial charge in [0.05, 0.1) is 6.54 Å². The minimum absolute atomic E-state index is 0. The molecular weight excluding hydrogens is 456 g/mol. The summed E-state index contributed by atoms with van der Waals surface area (Å²) in [4.78, 5) is 16.7. The van der Waals surface area contributed by atoms with E-state index in [4.69, 9.17) is 11.1 Å². The highest BCUT2D eigenvalue weighted by Gasteiger charge is 2.18. The Hall–Kier alpha value is -4.01. The van der Waals surface area contributed by atoms with Gasteiger partial charge in [-0.2, -0.15) is 0 Å². The van der Waals surface area contributed by atoms with E-state index in [0.717, 1.165) is 22.4 Å². The van der Waals surface area contributed by atoms with Crippen molar-refractivity contribution in [1.29, 1.82) is 5.41 Å². The van der Waals surface area contributed by atoms with E-state index in [0.29, 0.717) is 31.7 Å². The molecule has 0 radical (unpaired) electrons. The van der Waals surface area contributed by atoms with Crippen molar-refractivity contribution in [3.05, 3.63) is 113 Å².